The quantitative estimate of drug-likeness (QED) is 0.583. The highest BCUT2D eigenvalue weighted by molar-refractivity contribution is 5.50. The Hall–Kier alpha value is -2.24. The summed E-state index contributed by atoms with van der Waals surface area (Å²) in [5, 5.41) is 0. The molecule has 164 valence electrons. The van der Waals surface area contributed by atoms with Gasteiger partial charge in [0.1, 0.15) is 5.75 Å². The number of benzene rings is 2. The molecule has 1 fully saturated rings. The number of rotatable bonds is 10. The van der Waals surface area contributed by atoms with Crippen molar-refractivity contribution in [2.75, 3.05) is 48.0 Å². The summed E-state index contributed by atoms with van der Waals surface area (Å²) in [5.74, 6) is 2.28. The summed E-state index contributed by atoms with van der Waals surface area (Å²) in [6, 6.07) is 15.3. The Morgan fingerprint density at radius 2 is 1.67 bits per heavy atom. The van der Waals surface area contributed by atoms with Gasteiger partial charge in [0.05, 0.1) is 21.3 Å². The van der Waals surface area contributed by atoms with Crippen LogP contribution in [-0.2, 0) is 13.0 Å². The predicted molar refractivity (Wildman–Crippen MR) is 122 cm³/mol. The Labute approximate surface area is 181 Å². The summed E-state index contributed by atoms with van der Waals surface area (Å²) >= 11 is 0. The Balaban J connectivity index is 1.56. The molecule has 0 unspecified atom stereocenters. The van der Waals surface area contributed by atoms with Crippen LogP contribution in [0.5, 0.6) is 17.2 Å². The molecule has 0 bridgehead atoms. The molecule has 0 spiro atoms. The lowest BCUT2D eigenvalue weighted by atomic mass is 10.0. The molecular formula is C25H36N2O3. The van der Waals surface area contributed by atoms with Crippen molar-refractivity contribution < 1.29 is 14.2 Å². The topological polar surface area (TPSA) is 34.2 Å². The Morgan fingerprint density at radius 1 is 0.967 bits per heavy atom. The van der Waals surface area contributed by atoms with Gasteiger partial charge in [-0.25, -0.2) is 0 Å². The smallest absolute Gasteiger partial charge is 0.164 e. The van der Waals surface area contributed by atoms with E-state index in [2.05, 4.69) is 47.2 Å². The zero-order chi connectivity index (χ0) is 21.3. The van der Waals surface area contributed by atoms with E-state index in [9.17, 15) is 0 Å². The molecular weight excluding hydrogens is 376 g/mol. The number of ether oxygens (including phenoxy) is 3. The van der Waals surface area contributed by atoms with E-state index in [1.807, 2.05) is 12.1 Å². The number of piperidine rings is 1. The Bertz CT molecular complexity index is 781. The van der Waals surface area contributed by atoms with Crippen molar-refractivity contribution in [3.63, 3.8) is 0 Å². The van der Waals surface area contributed by atoms with Crippen molar-refractivity contribution >= 4 is 0 Å². The molecule has 2 aromatic carbocycles. The lowest BCUT2D eigenvalue weighted by molar-refractivity contribution is 0.110. The van der Waals surface area contributed by atoms with Gasteiger partial charge in [0.25, 0.3) is 0 Å². The van der Waals surface area contributed by atoms with Gasteiger partial charge in [-0.3, -0.25) is 4.90 Å². The number of likely N-dealkylation sites (N-methyl/N-ethyl adjacent to an activating group) is 1. The van der Waals surface area contributed by atoms with E-state index in [4.69, 9.17) is 14.2 Å². The van der Waals surface area contributed by atoms with E-state index >= 15 is 0 Å². The van der Waals surface area contributed by atoms with E-state index < -0.39 is 0 Å². The minimum absolute atomic E-state index is 0.549. The van der Waals surface area contributed by atoms with Gasteiger partial charge >= 0.3 is 0 Å². The highest BCUT2D eigenvalue weighted by Gasteiger charge is 2.24. The van der Waals surface area contributed by atoms with E-state index in [0.717, 1.165) is 36.6 Å². The van der Waals surface area contributed by atoms with Gasteiger partial charge in [0.2, 0.25) is 0 Å². The minimum Gasteiger partial charge on any atom is -0.496 e. The largest absolute Gasteiger partial charge is 0.496 e. The van der Waals surface area contributed by atoms with E-state index in [1.165, 1.54) is 37.9 Å². The third-order valence-electron chi connectivity index (χ3n) is 6.09. The molecule has 3 rings (SSSR count). The first-order valence-electron chi connectivity index (χ1n) is 10.9. The zero-order valence-electron chi connectivity index (χ0n) is 18.9. The van der Waals surface area contributed by atoms with Crippen LogP contribution < -0.4 is 14.2 Å². The van der Waals surface area contributed by atoms with Gasteiger partial charge in [-0.05, 0) is 57.5 Å². The number of nitrogens with zero attached hydrogens (tertiary/aromatic N) is 2. The van der Waals surface area contributed by atoms with E-state index in [1.54, 1.807) is 21.3 Å². The number of methoxy groups -OCH3 is 3. The van der Waals surface area contributed by atoms with Crippen molar-refractivity contribution in [2.24, 2.45) is 0 Å². The maximum absolute atomic E-state index is 5.62. The van der Waals surface area contributed by atoms with Gasteiger partial charge in [-0.1, -0.05) is 30.3 Å². The second-order valence-corrected chi connectivity index (χ2v) is 8.12. The van der Waals surface area contributed by atoms with Crippen molar-refractivity contribution in [3.05, 3.63) is 53.6 Å². The molecule has 1 aliphatic heterocycles. The van der Waals surface area contributed by atoms with Crippen molar-refractivity contribution in [3.8, 4) is 17.2 Å². The lowest BCUT2D eigenvalue weighted by Crippen LogP contribution is -2.46. The number of aryl methyl sites for hydroxylation is 1. The van der Waals surface area contributed by atoms with E-state index in [0.29, 0.717) is 11.8 Å². The molecule has 0 saturated carbocycles. The summed E-state index contributed by atoms with van der Waals surface area (Å²) in [6.07, 6.45) is 4.86. The average Bonchev–Trinajstić information content (AvgIpc) is 2.79. The molecule has 1 aliphatic rings. The third-order valence-corrected chi connectivity index (χ3v) is 6.09. The van der Waals surface area contributed by atoms with Gasteiger partial charge in [-0.2, -0.15) is 0 Å². The molecule has 1 saturated heterocycles. The summed E-state index contributed by atoms with van der Waals surface area (Å²) in [5.41, 5.74) is 2.56. The molecule has 0 radical (unpaired) electrons. The van der Waals surface area contributed by atoms with Gasteiger partial charge in [0, 0.05) is 30.8 Å². The fourth-order valence-corrected chi connectivity index (χ4v) is 4.36. The van der Waals surface area contributed by atoms with Crippen LogP contribution in [-0.4, -0.2) is 63.9 Å². The van der Waals surface area contributed by atoms with Crippen LogP contribution >= 0.6 is 0 Å². The van der Waals surface area contributed by atoms with Crippen LogP contribution in [0.2, 0.25) is 0 Å². The van der Waals surface area contributed by atoms with Crippen molar-refractivity contribution in [1.29, 1.82) is 0 Å². The maximum atomic E-state index is 5.62. The molecule has 1 heterocycles. The zero-order valence-corrected chi connectivity index (χ0v) is 18.9. The number of likely N-dealkylation sites (tertiary alicyclic amines) is 1. The van der Waals surface area contributed by atoms with Gasteiger partial charge in [-0.15, -0.1) is 0 Å². The molecule has 5 nitrogen and oxygen atoms in total. The molecule has 30 heavy (non-hydrogen) atoms. The molecule has 0 aliphatic carbocycles. The van der Waals surface area contributed by atoms with Crippen LogP contribution in [0.15, 0.2) is 42.5 Å². The van der Waals surface area contributed by atoms with E-state index in [-0.39, 0.29) is 0 Å². The fraction of sp³-hybridized carbons (Fsp3) is 0.520. The van der Waals surface area contributed by atoms with Crippen molar-refractivity contribution in [1.82, 2.24) is 9.80 Å². The van der Waals surface area contributed by atoms with Crippen LogP contribution in [0.1, 0.15) is 30.4 Å². The molecule has 0 aromatic heterocycles. The number of hydrogen-bond acceptors (Lipinski definition) is 5. The highest BCUT2D eigenvalue weighted by atomic mass is 16.5. The Morgan fingerprint density at radius 3 is 2.37 bits per heavy atom. The van der Waals surface area contributed by atoms with Crippen LogP contribution in [0.3, 0.4) is 0 Å². The van der Waals surface area contributed by atoms with Crippen LogP contribution in [0.4, 0.5) is 0 Å². The number of hydrogen-bond donors (Lipinski definition) is 0. The summed E-state index contributed by atoms with van der Waals surface area (Å²) in [4.78, 5) is 5.08. The Kier molecular flexibility index (Phi) is 8.40. The highest BCUT2D eigenvalue weighted by Crippen LogP contribution is 2.35. The van der Waals surface area contributed by atoms with Crippen LogP contribution in [0, 0.1) is 0 Å². The standard InChI is InChI=1S/C25H36N2O3/c1-26(18-21-16-24(29-3)25(30-4)17-23(21)28-2)22-13-9-15-27(19-22)14-8-12-20-10-6-5-7-11-20/h5-7,10-11,16-17,22H,8-9,12-15,18-19H2,1-4H3/t22-/m0/s1. The summed E-state index contributed by atoms with van der Waals surface area (Å²) in [6.45, 7) is 4.32. The van der Waals surface area contributed by atoms with Crippen LogP contribution in [0.25, 0.3) is 0 Å². The average molecular weight is 413 g/mol. The maximum Gasteiger partial charge on any atom is 0.164 e. The molecule has 2 aromatic rings. The monoisotopic (exact) mass is 412 g/mol. The first-order chi connectivity index (χ1) is 14.6. The first-order valence-corrected chi connectivity index (χ1v) is 10.9. The first kappa shape index (κ1) is 22.4. The van der Waals surface area contributed by atoms with Gasteiger partial charge < -0.3 is 19.1 Å². The second kappa shape index (κ2) is 11.2. The third kappa shape index (κ3) is 5.89. The van der Waals surface area contributed by atoms with Crippen molar-refractivity contribution in [2.45, 2.75) is 38.3 Å². The molecule has 5 heteroatoms. The minimum atomic E-state index is 0.549. The molecule has 0 amide bonds. The molecule has 1 atom stereocenters. The normalized spacial score (nSPS) is 17.2. The fourth-order valence-electron chi connectivity index (χ4n) is 4.36. The lowest BCUT2D eigenvalue weighted by Gasteiger charge is -2.38. The second-order valence-electron chi connectivity index (χ2n) is 8.12. The van der Waals surface area contributed by atoms with Gasteiger partial charge in [0.15, 0.2) is 11.5 Å². The predicted octanol–water partition coefficient (Wildman–Crippen LogP) is 4.24. The molecule has 0 N–H and O–H groups in total. The summed E-state index contributed by atoms with van der Waals surface area (Å²) in [7, 11) is 7.25. The summed E-state index contributed by atoms with van der Waals surface area (Å²) < 4.78 is 16.5. The SMILES string of the molecule is COc1cc(OC)c(OC)cc1CN(C)[C@H]1CCCN(CCCc2ccccc2)C1.